The SMILES string of the molecule is Cc1cccc(C)c1NC(=O)COC(=O)CSc1ccc([N+](=O)[O-])cc1. The van der Waals surface area contributed by atoms with Crippen LogP contribution in [0.4, 0.5) is 11.4 Å². The van der Waals surface area contributed by atoms with Crippen LogP contribution in [0.2, 0.25) is 0 Å². The fourth-order valence-corrected chi connectivity index (χ4v) is 2.88. The first-order valence-corrected chi connectivity index (χ1v) is 8.74. The molecule has 0 spiro atoms. The molecule has 0 aliphatic rings. The van der Waals surface area contributed by atoms with Crippen molar-refractivity contribution < 1.29 is 19.2 Å². The average Bonchev–Trinajstić information content (AvgIpc) is 2.61. The van der Waals surface area contributed by atoms with Gasteiger partial charge in [-0.3, -0.25) is 19.7 Å². The number of esters is 1. The van der Waals surface area contributed by atoms with Gasteiger partial charge in [-0.2, -0.15) is 0 Å². The molecule has 0 heterocycles. The van der Waals surface area contributed by atoms with E-state index in [1.54, 1.807) is 12.1 Å². The number of non-ortho nitro benzene ring substituents is 1. The summed E-state index contributed by atoms with van der Waals surface area (Å²) >= 11 is 1.18. The van der Waals surface area contributed by atoms with Gasteiger partial charge in [0.25, 0.3) is 11.6 Å². The third kappa shape index (κ3) is 5.59. The molecule has 0 radical (unpaired) electrons. The van der Waals surface area contributed by atoms with Gasteiger partial charge in [0.1, 0.15) is 0 Å². The highest BCUT2D eigenvalue weighted by Crippen LogP contribution is 2.21. The van der Waals surface area contributed by atoms with E-state index in [-0.39, 0.29) is 18.0 Å². The molecular formula is C18H18N2O5S. The monoisotopic (exact) mass is 374 g/mol. The fraction of sp³-hybridized carbons (Fsp3) is 0.222. The summed E-state index contributed by atoms with van der Waals surface area (Å²) in [6, 6.07) is 11.5. The molecule has 1 N–H and O–H groups in total. The minimum absolute atomic E-state index is 0.00842. The Balaban J connectivity index is 1.77. The van der Waals surface area contributed by atoms with Crippen molar-refractivity contribution in [1.29, 1.82) is 0 Å². The number of carbonyl (C=O) groups is 2. The molecule has 1 amide bonds. The zero-order chi connectivity index (χ0) is 19.1. The minimum atomic E-state index is -0.537. The van der Waals surface area contributed by atoms with Crippen LogP contribution in [-0.2, 0) is 14.3 Å². The van der Waals surface area contributed by atoms with E-state index in [2.05, 4.69) is 5.32 Å². The third-order valence-electron chi connectivity index (χ3n) is 3.51. The Morgan fingerprint density at radius 2 is 1.73 bits per heavy atom. The number of nitrogens with one attached hydrogen (secondary N) is 1. The van der Waals surface area contributed by atoms with E-state index in [0.29, 0.717) is 10.6 Å². The van der Waals surface area contributed by atoms with Gasteiger partial charge in [0.15, 0.2) is 6.61 Å². The number of thioether (sulfide) groups is 1. The Bertz CT molecular complexity index is 801. The van der Waals surface area contributed by atoms with Crippen LogP contribution in [-0.4, -0.2) is 29.2 Å². The predicted molar refractivity (Wildman–Crippen MR) is 99.3 cm³/mol. The van der Waals surface area contributed by atoms with Gasteiger partial charge in [-0.15, -0.1) is 11.8 Å². The number of hydrogen-bond donors (Lipinski definition) is 1. The lowest BCUT2D eigenvalue weighted by Crippen LogP contribution is -2.22. The van der Waals surface area contributed by atoms with E-state index >= 15 is 0 Å². The fourth-order valence-electron chi connectivity index (χ4n) is 2.18. The third-order valence-corrected chi connectivity index (χ3v) is 4.50. The normalized spacial score (nSPS) is 10.2. The van der Waals surface area contributed by atoms with E-state index < -0.39 is 16.8 Å². The van der Waals surface area contributed by atoms with Gasteiger partial charge in [-0.25, -0.2) is 0 Å². The number of benzene rings is 2. The Labute approximate surface area is 154 Å². The second kappa shape index (κ2) is 9.00. The molecule has 0 bridgehead atoms. The second-order valence-electron chi connectivity index (χ2n) is 5.52. The maximum absolute atomic E-state index is 11.9. The van der Waals surface area contributed by atoms with Crippen LogP contribution in [0.1, 0.15) is 11.1 Å². The lowest BCUT2D eigenvalue weighted by atomic mass is 10.1. The second-order valence-corrected chi connectivity index (χ2v) is 6.56. The topological polar surface area (TPSA) is 98.5 Å². The standard InChI is InChI=1S/C18H18N2O5S/c1-12-4-3-5-13(2)18(12)19-16(21)10-25-17(22)11-26-15-8-6-14(7-9-15)20(23)24/h3-9H,10-11H2,1-2H3,(H,19,21). The van der Waals surface area contributed by atoms with Crippen molar-refractivity contribution in [3.05, 3.63) is 63.7 Å². The number of para-hydroxylation sites is 1. The molecule has 0 saturated heterocycles. The molecule has 7 nitrogen and oxygen atoms in total. The van der Waals surface area contributed by atoms with Crippen molar-refractivity contribution in [2.75, 3.05) is 17.7 Å². The molecule has 0 aliphatic heterocycles. The van der Waals surface area contributed by atoms with E-state index in [9.17, 15) is 19.7 Å². The Morgan fingerprint density at radius 1 is 1.12 bits per heavy atom. The average molecular weight is 374 g/mol. The van der Waals surface area contributed by atoms with Crippen molar-refractivity contribution >= 4 is 35.0 Å². The Morgan fingerprint density at radius 3 is 2.31 bits per heavy atom. The summed E-state index contributed by atoms with van der Waals surface area (Å²) in [5.41, 5.74) is 2.56. The number of ether oxygens (including phenoxy) is 1. The summed E-state index contributed by atoms with van der Waals surface area (Å²) in [4.78, 5) is 34.5. The van der Waals surface area contributed by atoms with E-state index in [4.69, 9.17) is 4.74 Å². The molecule has 2 rings (SSSR count). The van der Waals surface area contributed by atoms with Gasteiger partial charge in [-0.1, -0.05) is 18.2 Å². The summed E-state index contributed by atoms with van der Waals surface area (Å²) in [6.07, 6.45) is 0. The van der Waals surface area contributed by atoms with Crippen LogP contribution in [0.25, 0.3) is 0 Å². The summed E-state index contributed by atoms with van der Waals surface area (Å²) in [6.45, 7) is 3.40. The molecular weight excluding hydrogens is 356 g/mol. The zero-order valence-electron chi connectivity index (χ0n) is 14.4. The van der Waals surface area contributed by atoms with Gasteiger partial charge < -0.3 is 10.1 Å². The van der Waals surface area contributed by atoms with E-state index in [1.807, 2.05) is 32.0 Å². The number of aryl methyl sites for hydroxylation is 2. The summed E-state index contributed by atoms with van der Waals surface area (Å²) in [5, 5.41) is 13.3. The van der Waals surface area contributed by atoms with E-state index in [1.165, 1.54) is 23.9 Å². The lowest BCUT2D eigenvalue weighted by Gasteiger charge is -2.11. The summed E-state index contributed by atoms with van der Waals surface area (Å²) in [7, 11) is 0. The van der Waals surface area contributed by atoms with Crippen LogP contribution in [0.15, 0.2) is 47.4 Å². The smallest absolute Gasteiger partial charge is 0.316 e. The van der Waals surface area contributed by atoms with Crippen molar-refractivity contribution in [3.63, 3.8) is 0 Å². The quantitative estimate of drug-likeness (QED) is 0.345. The molecule has 136 valence electrons. The molecule has 0 fully saturated rings. The van der Waals surface area contributed by atoms with Gasteiger partial charge >= 0.3 is 5.97 Å². The van der Waals surface area contributed by atoms with Crippen molar-refractivity contribution in [1.82, 2.24) is 0 Å². The highest BCUT2D eigenvalue weighted by atomic mass is 32.2. The number of amides is 1. The number of anilines is 1. The first kappa shape index (κ1) is 19.5. The molecule has 0 aliphatic carbocycles. The van der Waals surface area contributed by atoms with Crippen LogP contribution in [0.5, 0.6) is 0 Å². The van der Waals surface area contributed by atoms with E-state index in [0.717, 1.165) is 11.1 Å². The van der Waals surface area contributed by atoms with Gasteiger partial charge in [-0.05, 0) is 37.1 Å². The highest BCUT2D eigenvalue weighted by molar-refractivity contribution is 8.00. The number of carbonyl (C=O) groups excluding carboxylic acids is 2. The maximum Gasteiger partial charge on any atom is 0.316 e. The number of hydrogen-bond acceptors (Lipinski definition) is 6. The summed E-state index contributed by atoms with van der Waals surface area (Å²) in [5.74, 6) is -0.935. The lowest BCUT2D eigenvalue weighted by molar-refractivity contribution is -0.384. The van der Waals surface area contributed by atoms with Crippen LogP contribution >= 0.6 is 11.8 Å². The predicted octanol–water partition coefficient (Wildman–Crippen LogP) is 3.49. The highest BCUT2D eigenvalue weighted by Gasteiger charge is 2.11. The number of nitro benzene ring substituents is 1. The Hall–Kier alpha value is -2.87. The van der Waals surface area contributed by atoms with Crippen molar-refractivity contribution in [2.45, 2.75) is 18.7 Å². The molecule has 26 heavy (non-hydrogen) atoms. The number of nitrogens with zero attached hydrogens (tertiary/aromatic N) is 1. The van der Waals surface area contributed by atoms with Crippen LogP contribution < -0.4 is 5.32 Å². The molecule has 0 saturated carbocycles. The largest absolute Gasteiger partial charge is 0.455 e. The first-order chi connectivity index (χ1) is 12.4. The number of rotatable bonds is 7. The summed E-state index contributed by atoms with van der Waals surface area (Å²) < 4.78 is 4.96. The molecule has 0 aromatic heterocycles. The van der Waals surface area contributed by atoms with Crippen LogP contribution in [0, 0.1) is 24.0 Å². The van der Waals surface area contributed by atoms with Crippen LogP contribution in [0.3, 0.4) is 0 Å². The molecule has 8 heteroatoms. The van der Waals surface area contributed by atoms with Gasteiger partial charge in [0, 0.05) is 22.7 Å². The van der Waals surface area contributed by atoms with Gasteiger partial charge in [0.2, 0.25) is 0 Å². The molecule has 0 atom stereocenters. The molecule has 0 unspecified atom stereocenters. The molecule has 2 aromatic rings. The van der Waals surface area contributed by atoms with Crippen molar-refractivity contribution in [3.8, 4) is 0 Å². The Kier molecular flexibility index (Phi) is 6.74. The minimum Gasteiger partial charge on any atom is -0.455 e. The van der Waals surface area contributed by atoms with Crippen molar-refractivity contribution in [2.24, 2.45) is 0 Å². The molecule has 2 aromatic carbocycles. The number of nitro groups is 1. The maximum atomic E-state index is 11.9. The zero-order valence-corrected chi connectivity index (χ0v) is 15.2. The first-order valence-electron chi connectivity index (χ1n) is 7.76. The van der Waals surface area contributed by atoms with Gasteiger partial charge in [0.05, 0.1) is 10.7 Å².